The molecule has 1 saturated heterocycles. The average molecular weight is 339 g/mol. The van der Waals surface area contributed by atoms with Gasteiger partial charge in [0.25, 0.3) is 0 Å². The number of likely N-dealkylation sites (tertiary alicyclic amines) is 1. The molecule has 0 atom stereocenters. The number of fused-ring (bicyclic) bond motifs is 1. The van der Waals surface area contributed by atoms with E-state index in [1.807, 2.05) is 45.9 Å². The van der Waals surface area contributed by atoms with Crippen LogP contribution in [0.15, 0.2) is 51.9 Å². The zero-order chi connectivity index (χ0) is 17.2. The van der Waals surface area contributed by atoms with Gasteiger partial charge in [-0.05, 0) is 37.1 Å². The van der Waals surface area contributed by atoms with Crippen LogP contribution in [0.2, 0.25) is 0 Å². The number of rotatable bonds is 4. The first-order valence-corrected chi connectivity index (χ1v) is 8.72. The second-order valence-electron chi connectivity index (χ2n) is 6.51. The fraction of sp³-hybridized carbons (Fsp3) is 0.368. The third kappa shape index (κ3) is 3.12. The molecule has 25 heavy (non-hydrogen) atoms. The van der Waals surface area contributed by atoms with Crippen LogP contribution in [0, 0.1) is 0 Å². The first kappa shape index (κ1) is 15.7. The number of aromatic amines is 1. The molecule has 0 radical (unpaired) electrons. The summed E-state index contributed by atoms with van der Waals surface area (Å²) in [6.07, 6.45) is 4.33. The molecule has 1 fully saturated rings. The lowest BCUT2D eigenvalue weighted by Gasteiger charge is -2.32. The molecule has 1 aliphatic rings. The molecule has 1 aliphatic heterocycles. The van der Waals surface area contributed by atoms with Gasteiger partial charge in [-0.2, -0.15) is 0 Å². The van der Waals surface area contributed by atoms with E-state index in [-0.39, 0.29) is 17.6 Å². The number of nitrogens with one attached hydrogen (secondary N) is 1. The molecule has 130 valence electrons. The van der Waals surface area contributed by atoms with Crippen molar-refractivity contribution in [3.63, 3.8) is 0 Å². The number of furan rings is 1. The number of hydrogen-bond acceptors (Lipinski definition) is 3. The van der Waals surface area contributed by atoms with E-state index >= 15 is 0 Å². The standard InChI is InChI=1S/C19H21N3O3/c23-18(8-7-15-4-3-13-25-15)21-11-9-14(10-12-21)22-17-6-2-1-5-16(17)20-19(22)24/h1-6,13-14H,7-12H2,(H,20,24). The van der Waals surface area contributed by atoms with Gasteiger partial charge in [0, 0.05) is 32.0 Å². The largest absolute Gasteiger partial charge is 0.469 e. The summed E-state index contributed by atoms with van der Waals surface area (Å²) in [4.78, 5) is 29.5. The number of H-pyrrole nitrogens is 1. The Kier molecular flexibility index (Phi) is 4.17. The van der Waals surface area contributed by atoms with E-state index in [0.29, 0.717) is 25.9 Å². The van der Waals surface area contributed by atoms with E-state index in [1.165, 1.54) is 0 Å². The van der Waals surface area contributed by atoms with Crippen LogP contribution in [-0.2, 0) is 11.2 Å². The third-order valence-electron chi connectivity index (χ3n) is 4.97. The van der Waals surface area contributed by atoms with Crippen molar-refractivity contribution in [1.82, 2.24) is 14.5 Å². The van der Waals surface area contributed by atoms with Crippen molar-refractivity contribution in [2.24, 2.45) is 0 Å². The predicted molar refractivity (Wildman–Crippen MR) is 94.4 cm³/mol. The number of aryl methyl sites for hydroxylation is 1. The second kappa shape index (κ2) is 6.63. The van der Waals surface area contributed by atoms with Gasteiger partial charge in [0.2, 0.25) is 5.91 Å². The van der Waals surface area contributed by atoms with Crippen molar-refractivity contribution in [3.8, 4) is 0 Å². The number of piperidine rings is 1. The Hall–Kier alpha value is -2.76. The topological polar surface area (TPSA) is 71.2 Å². The van der Waals surface area contributed by atoms with Gasteiger partial charge < -0.3 is 14.3 Å². The molecule has 0 saturated carbocycles. The number of hydrogen-bond donors (Lipinski definition) is 1. The maximum atomic E-state index is 12.4. The van der Waals surface area contributed by atoms with Gasteiger partial charge in [0.15, 0.2) is 0 Å². The van der Waals surface area contributed by atoms with E-state index in [2.05, 4.69) is 4.98 Å². The highest BCUT2D eigenvalue weighted by Gasteiger charge is 2.25. The SMILES string of the molecule is O=C(CCc1ccco1)N1CCC(n2c(=O)[nH]c3ccccc32)CC1. The van der Waals surface area contributed by atoms with Gasteiger partial charge in [0.1, 0.15) is 5.76 Å². The first-order valence-electron chi connectivity index (χ1n) is 8.72. The van der Waals surface area contributed by atoms with Crippen LogP contribution in [0.4, 0.5) is 0 Å². The predicted octanol–water partition coefficient (Wildman–Crippen LogP) is 2.72. The highest BCUT2D eigenvalue weighted by atomic mass is 16.3. The minimum Gasteiger partial charge on any atom is -0.469 e. The Morgan fingerprint density at radius 2 is 1.96 bits per heavy atom. The Labute approximate surface area is 145 Å². The van der Waals surface area contributed by atoms with Crippen molar-refractivity contribution in [2.45, 2.75) is 31.7 Å². The van der Waals surface area contributed by atoms with Gasteiger partial charge >= 0.3 is 5.69 Å². The molecule has 2 aromatic heterocycles. The summed E-state index contributed by atoms with van der Waals surface area (Å²) in [6.45, 7) is 1.38. The number of imidazole rings is 1. The van der Waals surface area contributed by atoms with E-state index < -0.39 is 0 Å². The highest BCUT2D eigenvalue weighted by molar-refractivity contribution is 5.77. The normalized spacial score (nSPS) is 15.8. The number of para-hydroxylation sites is 2. The lowest BCUT2D eigenvalue weighted by atomic mass is 10.0. The van der Waals surface area contributed by atoms with Crippen LogP contribution in [0.3, 0.4) is 0 Å². The van der Waals surface area contributed by atoms with Crippen LogP contribution < -0.4 is 5.69 Å². The second-order valence-corrected chi connectivity index (χ2v) is 6.51. The van der Waals surface area contributed by atoms with Gasteiger partial charge in [-0.1, -0.05) is 12.1 Å². The lowest BCUT2D eigenvalue weighted by Crippen LogP contribution is -2.40. The smallest absolute Gasteiger partial charge is 0.326 e. The van der Waals surface area contributed by atoms with Gasteiger partial charge in [-0.25, -0.2) is 4.79 Å². The summed E-state index contributed by atoms with van der Waals surface area (Å²) < 4.78 is 7.13. The van der Waals surface area contributed by atoms with Crippen molar-refractivity contribution in [3.05, 3.63) is 58.9 Å². The summed E-state index contributed by atoms with van der Waals surface area (Å²) in [5.74, 6) is 0.995. The quantitative estimate of drug-likeness (QED) is 0.794. The maximum Gasteiger partial charge on any atom is 0.326 e. The molecule has 1 amide bonds. The minimum absolute atomic E-state index is 0.0659. The Balaban J connectivity index is 1.40. The molecule has 0 unspecified atom stereocenters. The van der Waals surface area contributed by atoms with Crippen LogP contribution in [-0.4, -0.2) is 33.4 Å². The number of amides is 1. The van der Waals surface area contributed by atoms with Gasteiger partial charge in [-0.3, -0.25) is 9.36 Å². The van der Waals surface area contributed by atoms with Crippen molar-refractivity contribution in [2.75, 3.05) is 13.1 Å². The molecular formula is C19H21N3O3. The Morgan fingerprint density at radius 1 is 1.16 bits per heavy atom. The molecule has 6 nitrogen and oxygen atoms in total. The number of carbonyl (C=O) groups is 1. The summed E-state index contributed by atoms with van der Waals surface area (Å²) in [5.41, 5.74) is 1.74. The summed E-state index contributed by atoms with van der Waals surface area (Å²) in [6, 6.07) is 11.6. The molecule has 3 heterocycles. The Morgan fingerprint density at radius 3 is 2.72 bits per heavy atom. The fourth-order valence-electron chi connectivity index (χ4n) is 3.65. The van der Waals surface area contributed by atoms with Crippen LogP contribution in [0.5, 0.6) is 0 Å². The molecule has 0 spiro atoms. The number of aromatic nitrogens is 2. The summed E-state index contributed by atoms with van der Waals surface area (Å²) in [7, 11) is 0. The molecule has 3 aromatic rings. The zero-order valence-corrected chi connectivity index (χ0v) is 14.0. The van der Waals surface area contributed by atoms with E-state index in [9.17, 15) is 9.59 Å². The minimum atomic E-state index is -0.0659. The Bertz CT molecular complexity index is 915. The average Bonchev–Trinajstić information content (AvgIpc) is 3.26. The third-order valence-corrected chi connectivity index (χ3v) is 4.97. The molecule has 6 heteroatoms. The molecular weight excluding hydrogens is 318 g/mol. The van der Waals surface area contributed by atoms with Crippen molar-refractivity contribution in [1.29, 1.82) is 0 Å². The summed E-state index contributed by atoms with van der Waals surface area (Å²) in [5, 5.41) is 0. The maximum absolute atomic E-state index is 12.4. The van der Waals surface area contributed by atoms with Crippen molar-refractivity contribution >= 4 is 16.9 Å². The monoisotopic (exact) mass is 339 g/mol. The van der Waals surface area contributed by atoms with Crippen LogP contribution in [0.1, 0.15) is 31.1 Å². The van der Waals surface area contributed by atoms with Crippen molar-refractivity contribution < 1.29 is 9.21 Å². The molecule has 4 rings (SSSR count). The zero-order valence-electron chi connectivity index (χ0n) is 14.0. The highest BCUT2D eigenvalue weighted by Crippen LogP contribution is 2.25. The van der Waals surface area contributed by atoms with Crippen LogP contribution >= 0.6 is 0 Å². The van der Waals surface area contributed by atoms with Gasteiger partial charge in [0.05, 0.1) is 17.3 Å². The molecule has 0 aliphatic carbocycles. The fourth-order valence-corrected chi connectivity index (χ4v) is 3.65. The van der Waals surface area contributed by atoms with Crippen LogP contribution in [0.25, 0.3) is 11.0 Å². The first-order chi connectivity index (χ1) is 12.2. The molecule has 0 bridgehead atoms. The number of benzene rings is 1. The van der Waals surface area contributed by atoms with Gasteiger partial charge in [-0.15, -0.1) is 0 Å². The van der Waals surface area contributed by atoms with E-state index in [4.69, 9.17) is 4.42 Å². The number of carbonyl (C=O) groups excluding carboxylic acids is 1. The molecule has 1 N–H and O–H groups in total. The summed E-state index contributed by atoms with van der Waals surface area (Å²) >= 11 is 0. The number of nitrogens with zero attached hydrogens (tertiary/aromatic N) is 2. The van der Waals surface area contributed by atoms with E-state index in [1.54, 1.807) is 6.26 Å². The molecule has 1 aromatic carbocycles. The van der Waals surface area contributed by atoms with E-state index in [0.717, 1.165) is 29.6 Å². The lowest BCUT2D eigenvalue weighted by molar-refractivity contribution is -0.132.